The second-order valence-electron chi connectivity index (χ2n) is 8.98. The summed E-state index contributed by atoms with van der Waals surface area (Å²) in [4.78, 5) is 21.3. The summed E-state index contributed by atoms with van der Waals surface area (Å²) in [6.45, 7) is 6.33. The highest BCUT2D eigenvalue weighted by Crippen LogP contribution is 2.33. The zero-order valence-corrected chi connectivity index (χ0v) is 21.4. The largest absolute Gasteiger partial charge is 0.493 e. The Kier molecular flexibility index (Phi) is 7.09. The maximum Gasteiger partial charge on any atom is 0.275 e. The van der Waals surface area contributed by atoms with Gasteiger partial charge in [0.2, 0.25) is 0 Å². The molecule has 4 aromatic rings. The number of fused-ring (bicyclic) bond motifs is 1. The Balaban J connectivity index is 1.33. The van der Waals surface area contributed by atoms with Gasteiger partial charge in [-0.2, -0.15) is 0 Å². The molecule has 0 saturated carbocycles. The van der Waals surface area contributed by atoms with Crippen LogP contribution >= 0.6 is 22.9 Å². The SMILES string of the molecule is COc1cc(-n2cnc3cc(-c4ccc(Cl)cc4)sc3c2=O)ccc1OCCCN1CC[C@@H](C)C1. The molecular weight excluding hydrogens is 482 g/mol. The van der Waals surface area contributed by atoms with Crippen LogP contribution in [-0.4, -0.2) is 47.8 Å². The van der Waals surface area contributed by atoms with Gasteiger partial charge < -0.3 is 14.4 Å². The van der Waals surface area contributed by atoms with Crippen molar-refractivity contribution in [2.24, 2.45) is 5.92 Å². The zero-order chi connectivity index (χ0) is 24.4. The van der Waals surface area contributed by atoms with Gasteiger partial charge in [0.05, 0.1) is 24.9 Å². The summed E-state index contributed by atoms with van der Waals surface area (Å²) in [6.07, 6.45) is 3.81. The molecule has 1 fully saturated rings. The normalized spacial score (nSPS) is 16.1. The molecule has 35 heavy (non-hydrogen) atoms. The summed E-state index contributed by atoms with van der Waals surface area (Å²) in [7, 11) is 1.61. The van der Waals surface area contributed by atoms with Crippen LogP contribution in [0.5, 0.6) is 11.5 Å². The molecule has 1 saturated heterocycles. The quantitative estimate of drug-likeness (QED) is 0.277. The Labute approximate surface area is 213 Å². The summed E-state index contributed by atoms with van der Waals surface area (Å²) in [6, 6.07) is 15.1. The molecule has 2 aromatic carbocycles. The topological polar surface area (TPSA) is 56.6 Å². The number of hydrogen-bond donors (Lipinski definition) is 0. The standard InChI is InChI=1S/C27H28ClN3O3S/c1-18-10-12-30(16-18)11-3-13-34-23-9-8-21(14-24(23)33-2)31-17-29-22-15-25(35-26(22)27(31)32)19-4-6-20(28)7-5-19/h4-9,14-15,17-18H,3,10-13,16H2,1-2H3/t18-/m1/s1. The number of aromatic nitrogens is 2. The highest BCUT2D eigenvalue weighted by atomic mass is 35.5. The van der Waals surface area contributed by atoms with Crippen LogP contribution in [0.1, 0.15) is 19.8 Å². The highest BCUT2D eigenvalue weighted by molar-refractivity contribution is 7.22. The van der Waals surface area contributed by atoms with E-state index in [-0.39, 0.29) is 5.56 Å². The van der Waals surface area contributed by atoms with Crippen LogP contribution in [0.2, 0.25) is 5.02 Å². The smallest absolute Gasteiger partial charge is 0.275 e. The van der Waals surface area contributed by atoms with Crippen molar-refractivity contribution < 1.29 is 9.47 Å². The third-order valence-electron chi connectivity index (χ3n) is 6.38. The van der Waals surface area contributed by atoms with Crippen LogP contribution in [-0.2, 0) is 0 Å². The van der Waals surface area contributed by atoms with E-state index < -0.39 is 0 Å². The molecule has 0 aliphatic carbocycles. The molecule has 6 nitrogen and oxygen atoms in total. The Bertz CT molecular complexity index is 1380. The molecule has 182 valence electrons. The zero-order valence-electron chi connectivity index (χ0n) is 19.9. The number of ether oxygens (including phenoxy) is 2. The summed E-state index contributed by atoms with van der Waals surface area (Å²) >= 11 is 7.44. The van der Waals surface area contributed by atoms with Crippen molar-refractivity contribution in [2.45, 2.75) is 19.8 Å². The van der Waals surface area contributed by atoms with E-state index in [0.717, 1.165) is 29.3 Å². The molecule has 0 amide bonds. The van der Waals surface area contributed by atoms with E-state index in [1.165, 1.54) is 30.8 Å². The van der Waals surface area contributed by atoms with E-state index in [1.54, 1.807) is 18.0 Å². The lowest BCUT2D eigenvalue weighted by molar-refractivity contribution is 0.251. The van der Waals surface area contributed by atoms with Crippen molar-refractivity contribution >= 4 is 33.2 Å². The van der Waals surface area contributed by atoms with Crippen molar-refractivity contribution in [2.75, 3.05) is 33.4 Å². The maximum absolute atomic E-state index is 13.3. The lowest BCUT2D eigenvalue weighted by atomic mass is 10.2. The summed E-state index contributed by atoms with van der Waals surface area (Å²) < 4.78 is 13.7. The Hall–Kier alpha value is -2.87. The molecule has 0 N–H and O–H groups in total. The molecule has 0 bridgehead atoms. The number of halogens is 1. The van der Waals surface area contributed by atoms with Crippen molar-refractivity contribution in [3.63, 3.8) is 0 Å². The van der Waals surface area contributed by atoms with Crippen LogP contribution in [0, 0.1) is 5.92 Å². The van der Waals surface area contributed by atoms with Crippen LogP contribution in [0.25, 0.3) is 26.3 Å². The van der Waals surface area contributed by atoms with Gasteiger partial charge in [0, 0.05) is 29.1 Å². The predicted molar refractivity (Wildman–Crippen MR) is 143 cm³/mol. The minimum atomic E-state index is -0.115. The lowest BCUT2D eigenvalue weighted by Gasteiger charge is -2.16. The fourth-order valence-corrected chi connectivity index (χ4v) is 5.65. The molecule has 1 aliphatic rings. The number of methoxy groups -OCH3 is 1. The van der Waals surface area contributed by atoms with Crippen molar-refractivity contribution in [3.8, 4) is 27.6 Å². The van der Waals surface area contributed by atoms with Gasteiger partial charge >= 0.3 is 0 Å². The van der Waals surface area contributed by atoms with Crippen LogP contribution in [0.15, 0.2) is 59.7 Å². The second kappa shape index (κ2) is 10.4. The molecule has 8 heteroatoms. The van der Waals surface area contributed by atoms with Crippen molar-refractivity contribution in [3.05, 3.63) is 70.2 Å². The van der Waals surface area contributed by atoms with Gasteiger partial charge in [0.25, 0.3) is 5.56 Å². The summed E-state index contributed by atoms with van der Waals surface area (Å²) in [5, 5.41) is 0.679. The molecule has 5 rings (SSSR count). The average molecular weight is 510 g/mol. The maximum atomic E-state index is 13.3. The Morgan fingerprint density at radius 1 is 1.14 bits per heavy atom. The van der Waals surface area contributed by atoms with Gasteiger partial charge in [-0.25, -0.2) is 4.98 Å². The molecular formula is C27H28ClN3O3S. The van der Waals surface area contributed by atoms with Gasteiger partial charge in [-0.3, -0.25) is 9.36 Å². The van der Waals surface area contributed by atoms with Crippen LogP contribution in [0.4, 0.5) is 0 Å². The molecule has 1 atom stereocenters. The fourth-order valence-electron chi connectivity index (χ4n) is 4.48. The third-order valence-corrected chi connectivity index (χ3v) is 7.79. The number of thiophene rings is 1. The van der Waals surface area contributed by atoms with Gasteiger partial charge in [-0.05, 0) is 61.2 Å². The van der Waals surface area contributed by atoms with E-state index in [0.29, 0.717) is 39.0 Å². The number of nitrogens with zero attached hydrogens (tertiary/aromatic N) is 3. The number of rotatable bonds is 8. The molecule has 0 unspecified atom stereocenters. The first-order valence-electron chi connectivity index (χ1n) is 11.8. The van der Waals surface area contributed by atoms with E-state index in [1.807, 2.05) is 48.5 Å². The summed E-state index contributed by atoms with van der Waals surface area (Å²) in [5.41, 5.74) is 2.25. The molecule has 0 radical (unpaired) electrons. The minimum Gasteiger partial charge on any atom is -0.493 e. The van der Waals surface area contributed by atoms with Gasteiger partial charge in [0.1, 0.15) is 11.0 Å². The second-order valence-corrected chi connectivity index (χ2v) is 10.5. The highest BCUT2D eigenvalue weighted by Gasteiger charge is 2.18. The van der Waals surface area contributed by atoms with Crippen LogP contribution < -0.4 is 15.0 Å². The van der Waals surface area contributed by atoms with Crippen molar-refractivity contribution in [1.82, 2.24) is 14.5 Å². The number of likely N-dealkylation sites (tertiary alicyclic amines) is 1. The van der Waals surface area contributed by atoms with Gasteiger partial charge in [-0.1, -0.05) is 30.7 Å². The number of benzene rings is 2. The first kappa shape index (κ1) is 23.9. The van der Waals surface area contributed by atoms with Crippen LogP contribution in [0.3, 0.4) is 0 Å². The van der Waals surface area contributed by atoms with E-state index >= 15 is 0 Å². The Morgan fingerprint density at radius 2 is 1.97 bits per heavy atom. The first-order valence-corrected chi connectivity index (χ1v) is 13.0. The first-order chi connectivity index (χ1) is 17.0. The van der Waals surface area contributed by atoms with E-state index in [9.17, 15) is 4.79 Å². The summed E-state index contributed by atoms with van der Waals surface area (Å²) in [5.74, 6) is 2.06. The molecule has 2 aromatic heterocycles. The predicted octanol–water partition coefficient (Wildman–Crippen LogP) is 5.89. The van der Waals surface area contributed by atoms with E-state index in [4.69, 9.17) is 21.1 Å². The molecule has 3 heterocycles. The Morgan fingerprint density at radius 3 is 2.71 bits per heavy atom. The average Bonchev–Trinajstić information content (AvgIpc) is 3.49. The van der Waals surface area contributed by atoms with E-state index in [2.05, 4.69) is 16.8 Å². The molecule has 1 aliphatic heterocycles. The monoisotopic (exact) mass is 509 g/mol. The fraction of sp³-hybridized carbons (Fsp3) is 0.333. The number of hydrogen-bond acceptors (Lipinski definition) is 6. The van der Waals surface area contributed by atoms with Gasteiger partial charge in [-0.15, -0.1) is 11.3 Å². The van der Waals surface area contributed by atoms with Gasteiger partial charge in [0.15, 0.2) is 11.5 Å². The third kappa shape index (κ3) is 5.22. The van der Waals surface area contributed by atoms with Crippen molar-refractivity contribution in [1.29, 1.82) is 0 Å². The minimum absolute atomic E-state index is 0.115. The molecule has 0 spiro atoms. The lowest BCUT2D eigenvalue weighted by Crippen LogP contribution is -2.23.